The first-order valence-corrected chi connectivity index (χ1v) is 4.90. The zero-order valence-electron chi connectivity index (χ0n) is 9.28. The van der Waals surface area contributed by atoms with Crippen LogP contribution in [0.25, 0.3) is 0 Å². The van der Waals surface area contributed by atoms with Gasteiger partial charge in [0.2, 0.25) is 5.95 Å². The molecular weight excluding hydrogens is 206 g/mol. The average molecular weight is 219 g/mol. The molecule has 0 spiro atoms. The van der Waals surface area contributed by atoms with Crippen LogP contribution in [0.5, 0.6) is 0 Å². The molecule has 0 aliphatic heterocycles. The normalized spacial score (nSPS) is 8.88. The Morgan fingerprint density at radius 1 is 1.50 bits per heavy atom. The molecule has 0 bridgehead atoms. The van der Waals surface area contributed by atoms with Crippen LogP contribution in [0.1, 0.15) is 18.9 Å². The highest BCUT2D eigenvalue weighted by Gasteiger charge is 1.96. The third-order valence-corrected chi connectivity index (χ3v) is 1.65. The van der Waals surface area contributed by atoms with Crippen LogP contribution in [0, 0.1) is 11.8 Å². The second kappa shape index (κ2) is 6.40. The largest absolute Gasteiger partial charge is 0.465 e. The van der Waals surface area contributed by atoms with Crippen molar-refractivity contribution in [2.45, 2.75) is 13.3 Å². The second-order valence-electron chi connectivity index (χ2n) is 2.83. The van der Waals surface area contributed by atoms with E-state index in [1.165, 1.54) is 0 Å². The molecule has 1 rings (SSSR count). The van der Waals surface area contributed by atoms with Gasteiger partial charge in [0, 0.05) is 19.4 Å². The highest BCUT2D eigenvalue weighted by Crippen LogP contribution is 1.97. The molecule has 1 aromatic heterocycles. The molecule has 5 nitrogen and oxygen atoms in total. The molecule has 0 aromatic carbocycles. The molecule has 0 aliphatic rings. The number of carbonyl (C=O) groups is 1. The fourth-order valence-corrected chi connectivity index (χ4v) is 0.952. The van der Waals surface area contributed by atoms with Crippen molar-refractivity contribution in [3.63, 3.8) is 0 Å². The van der Waals surface area contributed by atoms with Gasteiger partial charge in [-0.15, -0.1) is 0 Å². The van der Waals surface area contributed by atoms with E-state index in [9.17, 15) is 4.79 Å². The Morgan fingerprint density at radius 3 is 2.75 bits per heavy atom. The van der Waals surface area contributed by atoms with Gasteiger partial charge in [-0.25, -0.2) is 9.97 Å². The maximum absolute atomic E-state index is 11.0. The smallest absolute Gasteiger partial charge is 0.317 e. The number of ether oxygens (including phenoxy) is 1. The SMILES string of the molecule is CCOC(=O)CC#Cc1cnc(NC)nc1. The van der Waals surface area contributed by atoms with Crippen molar-refractivity contribution in [3.8, 4) is 11.8 Å². The standard InChI is InChI=1S/C11H13N3O2/c1-3-16-10(15)6-4-5-9-7-13-11(12-2)14-8-9/h7-8H,3,6H2,1-2H3,(H,12,13,14). The number of aromatic nitrogens is 2. The maximum atomic E-state index is 11.0. The van der Waals surface area contributed by atoms with Crippen molar-refractivity contribution in [1.29, 1.82) is 0 Å². The van der Waals surface area contributed by atoms with Gasteiger partial charge in [0.05, 0.1) is 12.2 Å². The Kier molecular flexibility index (Phi) is 4.80. The van der Waals surface area contributed by atoms with E-state index in [0.29, 0.717) is 18.1 Å². The van der Waals surface area contributed by atoms with Crippen LogP contribution >= 0.6 is 0 Å². The average Bonchev–Trinajstić information content (AvgIpc) is 2.30. The number of esters is 1. The summed E-state index contributed by atoms with van der Waals surface area (Å²) in [5.74, 6) is 5.70. The zero-order valence-corrected chi connectivity index (χ0v) is 9.28. The third kappa shape index (κ3) is 3.96. The van der Waals surface area contributed by atoms with Crippen LogP contribution < -0.4 is 5.32 Å². The van der Waals surface area contributed by atoms with Crippen LogP contribution in [-0.4, -0.2) is 29.6 Å². The molecule has 0 saturated carbocycles. The van der Waals surface area contributed by atoms with Crippen LogP contribution in [0.15, 0.2) is 12.4 Å². The molecular formula is C11H13N3O2. The van der Waals surface area contributed by atoms with Crippen LogP contribution in [-0.2, 0) is 9.53 Å². The lowest BCUT2D eigenvalue weighted by molar-refractivity contribution is -0.141. The number of rotatable bonds is 3. The summed E-state index contributed by atoms with van der Waals surface area (Å²) in [4.78, 5) is 18.9. The van der Waals surface area contributed by atoms with Crippen molar-refractivity contribution in [1.82, 2.24) is 9.97 Å². The Labute approximate surface area is 94.2 Å². The first-order valence-electron chi connectivity index (χ1n) is 4.90. The number of anilines is 1. The minimum Gasteiger partial charge on any atom is -0.465 e. The number of hydrogen-bond donors (Lipinski definition) is 1. The zero-order chi connectivity index (χ0) is 11.8. The van der Waals surface area contributed by atoms with Gasteiger partial charge in [-0.1, -0.05) is 11.8 Å². The Hall–Kier alpha value is -2.09. The third-order valence-electron chi connectivity index (χ3n) is 1.65. The van der Waals surface area contributed by atoms with Crippen molar-refractivity contribution >= 4 is 11.9 Å². The molecule has 16 heavy (non-hydrogen) atoms. The summed E-state index contributed by atoms with van der Waals surface area (Å²) in [6.07, 6.45) is 3.27. The topological polar surface area (TPSA) is 64.1 Å². The molecule has 0 saturated heterocycles. The van der Waals surface area contributed by atoms with E-state index in [0.717, 1.165) is 0 Å². The fourth-order valence-electron chi connectivity index (χ4n) is 0.952. The summed E-state index contributed by atoms with van der Waals surface area (Å²) in [5, 5.41) is 2.80. The van der Waals surface area contributed by atoms with Gasteiger partial charge in [0.15, 0.2) is 0 Å². The van der Waals surface area contributed by atoms with Crippen LogP contribution in [0.3, 0.4) is 0 Å². The molecule has 5 heteroatoms. The highest BCUT2D eigenvalue weighted by molar-refractivity contribution is 5.72. The van der Waals surface area contributed by atoms with Gasteiger partial charge in [-0.05, 0) is 6.92 Å². The fraction of sp³-hybridized carbons (Fsp3) is 0.364. The van der Waals surface area contributed by atoms with Crippen molar-refractivity contribution in [3.05, 3.63) is 18.0 Å². The van der Waals surface area contributed by atoms with Gasteiger partial charge in [0.25, 0.3) is 0 Å². The van der Waals surface area contributed by atoms with Gasteiger partial charge >= 0.3 is 5.97 Å². The van der Waals surface area contributed by atoms with E-state index in [1.807, 2.05) is 0 Å². The lowest BCUT2D eigenvalue weighted by Crippen LogP contribution is -2.01. The lowest BCUT2D eigenvalue weighted by Gasteiger charge is -1.96. The van der Waals surface area contributed by atoms with E-state index in [1.54, 1.807) is 26.4 Å². The highest BCUT2D eigenvalue weighted by atomic mass is 16.5. The Bertz CT molecular complexity index is 403. The first-order chi connectivity index (χ1) is 7.76. The van der Waals surface area contributed by atoms with Gasteiger partial charge in [0.1, 0.15) is 6.42 Å². The minimum absolute atomic E-state index is 0.0849. The number of nitrogens with zero attached hydrogens (tertiary/aromatic N) is 2. The van der Waals surface area contributed by atoms with Gasteiger partial charge in [-0.2, -0.15) is 0 Å². The molecule has 1 heterocycles. The van der Waals surface area contributed by atoms with Crippen LogP contribution in [0.2, 0.25) is 0 Å². The van der Waals surface area contributed by atoms with E-state index in [-0.39, 0.29) is 12.4 Å². The monoisotopic (exact) mass is 219 g/mol. The quantitative estimate of drug-likeness (QED) is 0.602. The molecule has 0 fully saturated rings. The summed E-state index contributed by atoms with van der Waals surface area (Å²) in [7, 11) is 1.74. The molecule has 0 atom stereocenters. The number of nitrogens with one attached hydrogen (secondary N) is 1. The first kappa shape index (κ1) is 12.0. The number of hydrogen-bond acceptors (Lipinski definition) is 5. The molecule has 84 valence electrons. The van der Waals surface area contributed by atoms with E-state index >= 15 is 0 Å². The van der Waals surface area contributed by atoms with Crippen LogP contribution in [0.4, 0.5) is 5.95 Å². The second-order valence-corrected chi connectivity index (χ2v) is 2.83. The van der Waals surface area contributed by atoms with Gasteiger partial charge in [-0.3, -0.25) is 4.79 Å². The summed E-state index contributed by atoms with van der Waals surface area (Å²) in [6.45, 7) is 2.14. The van der Waals surface area contributed by atoms with E-state index in [4.69, 9.17) is 4.74 Å². The summed E-state index contributed by atoms with van der Waals surface area (Å²) in [6, 6.07) is 0. The molecule has 0 amide bonds. The molecule has 0 aliphatic carbocycles. The lowest BCUT2D eigenvalue weighted by atomic mass is 10.3. The number of carbonyl (C=O) groups excluding carboxylic acids is 1. The molecule has 0 unspecified atom stereocenters. The Morgan fingerprint density at radius 2 is 2.19 bits per heavy atom. The molecule has 1 aromatic rings. The van der Waals surface area contributed by atoms with Crippen molar-refractivity contribution < 1.29 is 9.53 Å². The molecule has 0 radical (unpaired) electrons. The van der Waals surface area contributed by atoms with Gasteiger partial charge < -0.3 is 10.1 Å². The van der Waals surface area contributed by atoms with Crippen molar-refractivity contribution in [2.24, 2.45) is 0 Å². The van der Waals surface area contributed by atoms with E-state index in [2.05, 4.69) is 27.1 Å². The minimum atomic E-state index is -0.317. The Balaban J connectivity index is 2.53. The summed E-state index contributed by atoms with van der Waals surface area (Å²) < 4.78 is 4.73. The summed E-state index contributed by atoms with van der Waals surface area (Å²) >= 11 is 0. The maximum Gasteiger partial charge on any atom is 0.317 e. The predicted octanol–water partition coefficient (Wildman–Crippen LogP) is 0.823. The predicted molar refractivity (Wildman–Crippen MR) is 59.7 cm³/mol. The van der Waals surface area contributed by atoms with Crippen molar-refractivity contribution in [2.75, 3.05) is 19.0 Å². The summed E-state index contributed by atoms with van der Waals surface area (Å²) in [5.41, 5.74) is 0.670. The molecule has 1 N–H and O–H groups in total. The van der Waals surface area contributed by atoms with E-state index < -0.39 is 0 Å².